The van der Waals surface area contributed by atoms with Crippen LogP contribution in [-0.4, -0.2) is 34.1 Å². The van der Waals surface area contributed by atoms with Crippen LogP contribution in [0.15, 0.2) is 0 Å². The number of aliphatic carboxylic acids is 2. The van der Waals surface area contributed by atoms with Crippen molar-refractivity contribution in [2.45, 2.75) is 51.4 Å². The zero-order valence-corrected chi connectivity index (χ0v) is 14.8. The summed E-state index contributed by atoms with van der Waals surface area (Å²) >= 11 is 0. The number of hydrogen-bond donors (Lipinski definition) is 2. The molecular formula is C16H23O8P. The van der Waals surface area contributed by atoms with E-state index < -0.39 is 56.6 Å². The molecule has 0 heterocycles. The molecule has 0 saturated heterocycles. The molecule has 4 unspecified atom stereocenters. The fourth-order valence-electron chi connectivity index (χ4n) is 3.67. The van der Waals surface area contributed by atoms with E-state index in [0.29, 0.717) is 25.7 Å². The Balaban J connectivity index is 1.82. The smallest absolute Gasteiger partial charge is 0.314 e. The first-order valence-electron chi connectivity index (χ1n) is 8.53. The lowest BCUT2D eigenvalue weighted by molar-refractivity contribution is -0.156. The normalized spacial score (nSPS) is 29.9. The molecule has 0 aliphatic heterocycles. The molecule has 0 aromatic rings. The summed E-state index contributed by atoms with van der Waals surface area (Å²) < 4.78 is 9.91. The van der Waals surface area contributed by atoms with Gasteiger partial charge in [0.25, 0.3) is 9.03 Å². The van der Waals surface area contributed by atoms with Crippen LogP contribution in [0.2, 0.25) is 0 Å². The second kappa shape index (κ2) is 9.13. The second-order valence-corrected chi connectivity index (χ2v) is 7.17. The number of rotatable bonds is 6. The van der Waals surface area contributed by atoms with Gasteiger partial charge in [-0.15, -0.1) is 0 Å². The summed E-state index contributed by atoms with van der Waals surface area (Å²) in [5.74, 6) is -6.36. The summed E-state index contributed by atoms with van der Waals surface area (Å²) in [6.07, 6.45) is 4.78. The van der Waals surface area contributed by atoms with E-state index in [0.717, 1.165) is 25.7 Å². The van der Waals surface area contributed by atoms with Crippen LogP contribution in [0.25, 0.3) is 0 Å². The zero-order valence-electron chi connectivity index (χ0n) is 13.8. The maximum atomic E-state index is 12.1. The summed E-state index contributed by atoms with van der Waals surface area (Å²) in [4.78, 5) is 46.6. The van der Waals surface area contributed by atoms with E-state index in [9.17, 15) is 29.4 Å². The van der Waals surface area contributed by atoms with E-state index in [1.54, 1.807) is 0 Å². The van der Waals surface area contributed by atoms with Crippen LogP contribution < -0.4 is 0 Å². The van der Waals surface area contributed by atoms with Crippen LogP contribution in [0.3, 0.4) is 0 Å². The van der Waals surface area contributed by atoms with E-state index in [1.165, 1.54) is 0 Å². The molecule has 2 N–H and O–H groups in total. The highest BCUT2D eigenvalue weighted by molar-refractivity contribution is 7.27. The SMILES string of the molecule is O=C(O)C1CCCCC1C(=O)OPOC(=O)C1CCCCC1C(=O)O. The second-order valence-electron chi connectivity index (χ2n) is 6.60. The topological polar surface area (TPSA) is 127 Å². The molecule has 0 aromatic heterocycles. The van der Waals surface area contributed by atoms with Crippen LogP contribution in [-0.2, 0) is 28.2 Å². The Morgan fingerprint density at radius 1 is 0.640 bits per heavy atom. The molecule has 0 spiro atoms. The summed E-state index contributed by atoms with van der Waals surface area (Å²) in [6, 6.07) is 0. The van der Waals surface area contributed by atoms with Gasteiger partial charge >= 0.3 is 23.9 Å². The van der Waals surface area contributed by atoms with Crippen LogP contribution in [0.5, 0.6) is 0 Å². The van der Waals surface area contributed by atoms with E-state index in [4.69, 9.17) is 9.05 Å². The number of hydrogen-bond acceptors (Lipinski definition) is 6. The Morgan fingerprint density at radius 2 is 0.960 bits per heavy atom. The van der Waals surface area contributed by atoms with Gasteiger partial charge in [-0.2, -0.15) is 0 Å². The molecule has 2 saturated carbocycles. The molecule has 140 valence electrons. The van der Waals surface area contributed by atoms with Crippen molar-refractivity contribution >= 4 is 32.9 Å². The largest absolute Gasteiger partial charge is 0.481 e. The minimum Gasteiger partial charge on any atom is -0.481 e. The predicted molar refractivity (Wildman–Crippen MR) is 86.7 cm³/mol. The molecule has 0 radical (unpaired) electrons. The van der Waals surface area contributed by atoms with Crippen molar-refractivity contribution in [3.63, 3.8) is 0 Å². The quantitative estimate of drug-likeness (QED) is 0.678. The summed E-state index contributed by atoms with van der Waals surface area (Å²) in [6.45, 7) is 0. The average molecular weight is 374 g/mol. The third-order valence-electron chi connectivity index (χ3n) is 5.06. The summed E-state index contributed by atoms with van der Waals surface area (Å²) in [5, 5.41) is 18.4. The van der Waals surface area contributed by atoms with Gasteiger partial charge in [-0.25, -0.2) is 0 Å². The minimum absolute atomic E-state index is 0.431. The number of carbonyl (C=O) groups is 4. The molecule has 2 aliphatic carbocycles. The van der Waals surface area contributed by atoms with Crippen molar-refractivity contribution in [1.82, 2.24) is 0 Å². The van der Waals surface area contributed by atoms with Crippen LogP contribution in [0, 0.1) is 23.7 Å². The molecule has 2 rings (SSSR count). The van der Waals surface area contributed by atoms with E-state index in [2.05, 4.69) is 0 Å². The van der Waals surface area contributed by atoms with Crippen LogP contribution in [0.1, 0.15) is 51.4 Å². The third kappa shape index (κ3) is 5.14. The standard InChI is InChI=1S/C16H23O8P/c17-13(18)9-5-1-3-7-11(9)15(21)23-25-24-16(22)12-8-4-2-6-10(12)14(19)20/h9-12,25H,1-8H2,(H,17,18)(H,19,20). The Hall–Kier alpha value is -1.69. The summed E-state index contributed by atoms with van der Waals surface area (Å²) in [5.41, 5.74) is 0. The van der Waals surface area contributed by atoms with Gasteiger partial charge < -0.3 is 19.3 Å². The van der Waals surface area contributed by atoms with E-state index in [1.807, 2.05) is 0 Å². The van der Waals surface area contributed by atoms with Gasteiger partial charge in [-0.3, -0.25) is 19.2 Å². The first-order valence-corrected chi connectivity index (χ1v) is 9.35. The molecule has 9 heteroatoms. The molecule has 8 nitrogen and oxygen atoms in total. The Labute approximate surface area is 147 Å². The van der Waals surface area contributed by atoms with Gasteiger partial charge in [0.1, 0.15) is 0 Å². The van der Waals surface area contributed by atoms with E-state index >= 15 is 0 Å². The highest BCUT2D eigenvalue weighted by atomic mass is 31.1. The average Bonchev–Trinajstić information content (AvgIpc) is 2.61. The number of carboxylic acid groups (broad SMARTS) is 2. The van der Waals surface area contributed by atoms with Gasteiger partial charge in [-0.1, -0.05) is 25.7 Å². The Kier molecular flexibility index (Phi) is 7.17. The predicted octanol–water partition coefficient (Wildman–Crippen LogP) is 2.36. The lowest BCUT2D eigenvalue weighted by atomic mass is 9.79. The van der Waals surface area contributed by atoms with Crippen molar-refractivity contribution in [3.8, 4) is 0 Å². The van der Waals surface area contributed by atoms with Gasteiger partial charge in [0.2, 0.25) is 0 Å². The first-order chi connectivity index (χ1) is 11.9. The minimum atomic E-state index is -1.02. The molecule has 0 amide bonds. The Bertz CT molecular complexity index is 488. The zero-order chi connectivity index (χ0) is 18.4. The van der Waals surface area contributed by atoms with Crippen molar-refractivity contribution in [1.29, 1.82) is 0 Å². The number of carbonyl (C=O) groups excluding carboxylic acids is 2. The monoisotopic (exact) mass is 374 g/mol. The highest BCUT2D eigenvalue weighted by Crippen LogP contribution is 2.35. The van der Waals surface area contributed by atoms with Crippen LogP contribution in [0.4, 0.5) is 0 Å². The molecule has 0 bridgehead atoms. The molecule has 2 aliphatic rings. The molecule has 0 aromatic carbocycles. The fourth-order valence-corrected chi connectivity index (χ4v) is 4.18. The van der Waals surface area contributed by atoms with Crippen molar-refractivity contribution in [2.24, 2.45) is 23.7 Å². The summed E-state index contributed by atoms with van der Waals surface area (Å²) in [7, 11) is -0.877. The third-order valence-corrected chi connectivity index (χ3v) is 5.63. The maximum Gasteiger partial charge on any atom is 0.314 e. The molecular weight excluding hydrogens is 351 g/mol. The fraction of sp³-hybridized carbons (Fsp3) is 0.750. The lowest BCUT2D eigenvalue weighted by Crippen LogP contribution is -2.34. The van der Waals surface area contributed by atoms with Gasteiger partial charge in [0, 0.05) is 0 Å². The van der Waals surface area contributed by atoms with Gasteiger partial charge in [0.05, 0.1) is 23.7 Å². The maximum absolute atomic E-state index is 12.1. The number of carboxylic acids is 2. The van der Waals surface area contributed by atoms with Crippen molar-refractivity contribution in [3.05, 3.63) is 0 Å². The Morgan fingerprint density at radius 3 is 1.28 bits per heavy atom. The van der Waals surface area contributed by atoms with Gasteiger partial charge in [-0.05, 0) is 25.7 Å². The van der Waals surface area contributed by atoms with Crippen molar-refractivity contribution < 1.29 is 38.4 Å². The highest BCUT2D eigenvalue weighted by Gasteiger charge is 2.38. The first kappa shape index (κ1) is 19.6. The van der Waals surface area contributed by atoms with Crippen LogP contribution >= 0.6 is 9.03 Å². The molecule has 25 heavy (non-hydrogen) atoms. The molecule has 4 atom stereocenters. The van der Waals surface area contributed by atoms with E-state index in [-0.39, 0.29) is 0 Å². The molecule has 2 fully saturated rings. The van der Waals surface area contributed by atoms with Gasteiger partial charge in [0.15, 0.2) is 0 Å². The lowest BCUT2D eigenvalue weighted by Gasteiger charge is -2.27. The van der Waals surface area contributed by atoms with Crippen molar-refractivity contribution in [2.75, 3.05) is 0 Å².